The third kappa shape index (κ3) is 5.54. The highest BCUT2D eigenvalue weighted by atomic mass is 16.6. The van der Waals surface area contributed by atoms with Gasteiger partial charge in [0.25, 0.3) is 5.91 Å². The number of carbonyl (C=O) groups is 3. The van der Waals surface area contributed by atoms with Crippen molar-refractivity contribution in [3.63, 3.8) is 0 Å². The topological polar surface area (TPSA) is 114 Å². The maximum absolute atomic E-state index is 13.7. The molecule has 0 spiro atoms. The van der Waals surface area contributed by atoms with E-state index in [0.29, 0.717) is 0 Å². The quantitative estimate of drug-likeness (QED) is 0.559. The fourth-order valence-corrected chi connectivity index (χ4v) is 5.29. The molecule has 2 N–H and O–H groups in total. The van der Waals surface area contributed by atoms with Gasteiger partial charge in [0.05, 0.1) is 18.3 Å². The van der Waals surface area contributed by atoms with Crippen LogP contribution in [-0.2, 0) is 23.8 Å². The normalized spacial score (nSPS) is 20.9. The molecule has 0 bridgehead atoms. The molecule has 1 heterocycles. The molecule has 2 aliphatic rings. The summed E-state index contributed by atoms with van der Waals surface area (Å²) in [6.45, 7) is 10.2. The number of nitrogens with zero attached hydrogens (tertiary/aromatic N) is 1. The second-order valence-corrected chi connectivity index (χ2v) is 11.2. The van der Waals surface area contributed by atoms with Crippen molar-refractivity contribution in [1.82, 2.24) is 10.2 Å². The molecule has 0 radical (unpaired) electrons. The Labute approximate surface area is 223 Å². The smallest absolute Gasteiger partial charge is 0.407 e. The van der Waals surface area contributed by atoms with Gasteiger partial charge in [-0.2, -0.15) is 0 Å². The number of carbonyl (C=O) groups excluding carboxylic acids is 2. The Kier molecular flexibility index (Phi) is 7.54. The highest BCUT2D eigenvalue weighted by Crippen LogP contribution is 2.44. The van der Waals surface area contributed by atoms with Gasteiger partial charge in [-0.15, -0.1) is 0 Å². The van der Waals surface area contributed by atoms with Crippen molar-refractivity contribution in [2.24, 2.45) is 0 Å². The molecular formula is C29H36N2O7. The van der Waals surface area contributed by atoms with Crippen molar-refractivity contribution >= 4 is 18.0 Å². The second-order valence-electron chi connectivity index (χ2n) is 11.2. The van der Waals surface area contributed by atoms with E-state index >= 15 is 0 Å². The highest BCUT2D eigenvalue weighted by molar-refractivity contribution is 5.90. The number of benzene rings is 2. The van der Waals surface area contributed by atoms with Crippen LogP contribution in [-0.4, -0.2) is 70.7 Å². The third-order valence-electron chi connectivity index (χ3n) is 6.88. The summed E-state index contributed by atoms with van der Waals surface area (Å²) >= 11 is 0. The van der Waals surface area contributed by atoms with E-state index in [1.807, 2.05) is 69.3 Å². The van der Waals surface area contributed by atoms with Crippen LogP contribution in [0.5, 0.6) is 0 Å². The summed E-state index contributed by atoms with van der Waals surface area (Å²) in [5.41, 5.74) is 2.56. The summed E-state index contributed by atoms with van der Waals surface area (Å²) in [5.74, 6) is -1.95. The van der Waals surface area contributed by atoms with E-state index < -0.39 is 47.5 Å². The number of carboxylic acids is 1. The summed E-state index contributed by atoms with van der Waals surface area (Å²) < 4.78 is 17.2. The number of amides is 2. The largest absolute Gasteiger partial charge is 0.480 e. The van der Waals surface area contributed by atoms with Crippen molar-refractivity contribution < 1.29 is 33.7 Å². The van der Waals surface area contributed by atoms with Crippen LogP contribution in [0.3, 0.4) is 0 Å². The van der Waals surface area contributed by atoms with Crippen molar-refractivity contribution in [1.29, 1.82) is 0 Å². The Morgan fingerprint density at radius 3 is 2.13 bits per heavy atom. The van der Waals surface area contributed by atoms with Crippen molar-refractivity contribution in [3.8, 4) is 11.1 Å². The van der Waals surface area contributed by atoms with E-state index in [0.717, 1.165) is 22.3 Å². The average Bonchev–Trinajstić information content (AvgIpc) is 3.29. The molecule has 9 nitrogen and oxygen atoms in total. The Balaban J connectivity index is 1.51. The van der Waals surface area contributed by atoms with Gasteiger partial charge in [0.1, 0.15) is 18.4 Å². The van der Waals surface area contributed by atoms with E-state index in [4.69, 9.17) is 14.2 Å². The SMILES string of the molecule is C[C@@H]1OC(C)(C)N(C(=O)[C@H](COC(C)(C)C)NC(=O)OCC2c3ccccc3-c3ccccc32)[C@@H]1C(=O)O. The van der Waals surface area contributed by atoms with Gasteiger partial charge in [0, 0.05) is 5.92 Å². The van der Waals surface area contributed by atoms with Gasteiger partial charge in [0.2, 0.25) is 0 Å². The van der Waals surface area contributed by atoms with Crippen molar-refractivity contribution in [2.75, 3.05) is 13.2 Å². The molecule has 2 amide bonds. The van der Waals surface area contributed by atoms with Gasteiger partial charge < -0.3 is 24.6 Å². The predicted molar refractivity (Wildman–Crippen MR) is 141 cm³/mol. The number of rotatable bonds is 7. The molecule has 3 atom stereocenters. The zero-order valence-electron chi connectivity index (χ0n) is 22.7. The summed E-state index contributed by atoms with van der Waals surface area (Å²) in [5, 5.41) is 12.4. The van der Waals surface area contributed by atoms with Gasteiger partial charge in [-0.05, 0) is 63.8 Å². The molecule has 4 rings (SSSR count). The number of hydrogen-bond acceptors (Lipinski definition) is 6. The molecule has 0 aromatic heterocycles. The van der Waals surface area contributed by atoms with Gasteiger partial charge in [-0.3, -0.25) is 9.69 Å². The van der Waals surface area contributed by atoms with Gasteiger partial charge in [0.15, 0.2) is 6.04 Å². The average molecular weight is 525 g/mol. The molecule has 204 valence electrons. The lowest BCUT2D eigenvalue weighted by molar-refractivity contribution is -0.158. The summed E-state index contributed by atoms with van der Waals surface area (Å²) in [7, 11) is 0. The Bertz CT molecular complexity index is 1170. The van der Waals surface area contributed by atoms with E-state index in [-0.39, 0.29) is 19.1 Å². The number of hydrogen-bond donors (Lipinski definition) is 2. The molecule has 1 saturated heterocycles. The molecule has 0 saturated carbocycles. The van der Waals surface area contributed by atoms with E-state index in [2.05, 4.69) is 5.32 Å². The molecule has 1 aliphatic heterocycles. The number of carboxylic acid groups (broad SMARTS) is 1. The van der Waals surface area contributed by atoms with Crippen LogP contribution in [0.4, 0.5) is 4.79 Å². The van der Waals surface area contributed by atoms with Gasteiger partial charge in [-0.25, -0.2) is 9.59 Å². The number of alkyl carbamates (subject to hydrolysis) is 1. The summed E-state index contributed by atoms with van der Waals surface area (Å²) in [4.78, 5) is 39.9. The van der Waals surface area contributed by atoms with Crippen LogP contribution in [0.15, 0.2) is 48.5 Å². The lowest BCUT2D eigenvalue weighted by Gasteiger charge is -2.35. The molecule has 2 aromatic rings. The first kappa shape index (κ1) is 27.6. The maximum Gasteiger partial charge on any atom is 0.407 e. The third-order valence-corrected chi connectivity index (χ3v) is 6.88. The van der Waals surface area contributed by atoms with Crippen molar-refractivity contribution in [3.05, 3.63) is 59.7 Å². The molecule has 0 unspecified atom stereocenters. The minimum atomic E-state index is -1.21. The fraction of sp³-hybridized carbons (Fsp3) is 0.483. The molecule has 1 aliphatic carbocycles. The molecule has 38 heavy (non-hydrogen) atoms. The summed E-state index contributed by atoms with van der Waals surface area (Å²) in [6, 6.07) is 13.6. The lowest BCUT2D eigenvalue weighted by atomic mass is 9.98. The predicted octanol–water partition coefficient (Wildman–Crippen LogP) is 4.15. The van der Waals surface area contributed by atoms with Gasteiger partial charge >= 0.3 is 12.1 Å². The highest BCUT2D eigenvalue weighted by Gasteiger charge is 2.53. The van der Waals surface area contributed by atoms with Crippen LogP contribution in [0.2, 0.25) is 0 Å². The van der Waals surface area contributed by atoms with Crippen LogP contribution >= 0.6 is 0 Å². The van der Waals surface area contributed by atoms with E-state index in [1.54, 1.807) is 20.8 Å². The molecule has 9 heteroatoms. The number of aliphatic carboxylic acids is 1. The molecule has 2 aromatic carbocycles. The zero-order chi connectivity index (χ0) is 27.8. The standard InChI is InChI=1S/C29H36N2O7/c1-17-24(26(33)34)31(29(5,6)38-17)25(32)23(16-37-28(2,3)4)30-27(35)36-15-22-20-13-9-7-11-18(20)19-12-8-10-14-21(19)22/h7-14,17,22-24H,15-16H2,1-6H3,(H,30,35)(H,33,34)/t17-,23-,24-/m0/s1. The minimum Gasteiger partial charge on any atom is -0.480 e. The first-order chi connectivity index (χ1) is 17.8. The maximum atomic E-state index is 13.7. The monoisotopic (exact) mass is 524 g/mol. The molecular weight excluding hydrogens is 488 g/mol. The van der Waals surface area contributed by atoms with E-state index in [9.17, 15) is 19.5 Å². The molecule has 1 fully saturated rings. The van der Waals surface area contributed by atoms with Crippen LogP contribution < -0.4 is 5.32 Å². The van der Waals surface area contributed by atoms with Crippen LogP contribution in [0, 0.1) is 0 Å². The Hall–Kier alpha value is -3.43. The summed E-state index contributed by atoms with van der Waals surface area (Å²) in [6.07, 6.45) is -1.52. The first-order valence-corrected chi connectivity index (χ1v) is 12.8. The second kappa shape index (κ2) is 10.4. The van der Waals surface area contributed by atoms with Gasteiger partial charge in [-0.1, -0.05) is 48.5 Å². The minimum absolute atomic E-state index is 0.0774. The van der Waals surface area contributed by atoms with Crippen LogP contribution in [0.1, 0.15) is 58.6 Å². The fourth-order valence-electron chi connectivity index (χ4n) is 5.29. The zero-order valence-corrected chi connectivity index (χ0v) is 22.7. The lowest BCUT2D eigenvalue weighted by Crippen LogP contribution is -2.59. The number of nitrogens with one attached hydrogen (secondary N) is 1. The Morgan fingerprint density at radius 2 is 1.61 bits per heavy atom. The number of fused-ring (bicyclic) bond motifs is 3. The number of ether oxygens (including phenoxy) is 3. The van der Waals surface area contributed by atoms with Crippen molar-refractivity contribution in [2.45, 2.75) is 77.0 Å². The Morgan fingerprint density at radius 1 is 1.05 bits per heavy atom. The van der Waals surface area contributed by atoms with Crippen LogP contribution in [0.25, 0.3) is 11.1 Å². The first-order valence-electron chi connectivity index (χ1n) is 12.8. The van der Waals surface area contributed by atoms with E-state index in [1.165, 1.54) is 4.90 Å².